The maximum atomic E-state index is 11.8. The van der Waals surface area contributed by atoms with E-state index in [9.17, 15) is 9.59 Å². The number of rotatable bonds is 6. The monoisotopic (exact) mass is 290 g/mol. The smallest absolute Gasteiger partial charge is 0.309 e. The summed E-state index contributed by atoms with van der Waals surface area (Å²) in [6.07, 6.45) is 2.61. The highest BCUT2D eigenvalue weighted by atomic mass is 16.5. The summed E-state index contributed by atoms with van der Waals surface area (Å²) in [5.74, 6) is -1.17. The van der Waals surface area contributed by atoms with Crippen LogP contribution in [0.4, 0.5) is 0 Å². The van der Waals surface area contributed by atoms with Crippen molar-refractivity contribution in [2.24, 2.45) is 0 Å². The lowest BCUT2D eigenvalue weighted by molar-refractivity contribution is -0.140. The van der Waals surface area contributed by atoms with E-state index in [0.29, 0.717) is 6.42 Å². The molecule has 1 fully saturated rings. The molecular formula is C16H22N2O3. The molecule has 2 N–H and O–H groups in total. The lowest BCUT2D eigenvalue weighted by Gasteiger charge is -2.32. The van der Waals surface area contributed by atoms with Crippen LogP contribution in [0.1, 0.15) is 31.7 Å². The third-order valence-electron chi connectivity index (χ3n) is 3.92. The maximum Gasteiger partial charge on any atom is 0.309 e. The van der Waals surface area contributed by atoms with Crippen LogP contribution >= 0.6 is 0 Å². The Morgan fingerprint density at radius 1 is 1.24 bits per heavy atom. The first-order valence-corrected chi connectivity index (χ1v) is 7.30. The van der Waals surface area contributed by atoms with Crippen molar-refractivity contribution in [1.82, 2.24) is 10.6 Å². The summed E-state index contributed by atoms with van der Waals surface area (Å²) < 4.78 is 5.65. The first kappa shape index (κ1) is 15.5. The Balaban J connectivity index is 1.99. The van der Waals surface area contributed by atoms with Crippen molar-refractivity contribution in [2.45, 2.75) is 37.8 Å². The molecule has 0 bridgehead atoms. The lowest BCUT2D eigenvalue weighted by atomic mass is 9.90. The van der Waals surface area contributed by atoms with Gasteiger partial charge in [-0.25, -0.2) is 0 Å². The van der Waals surface area contributed by atoms with Crippen LogP contribution in [-0.2, 0) is 19.9 Å². The number of benzene rings is 1. The molecule has 0 heterocycles. The molecule has 21 heavy (non-hydrogen) atoms. The minimum atomic E-state index is -0.614. The van der Waals surface area contributed by atoms with E-state index in [-0.39, 0.29) is 12.6 Å². The number of hydrogen-bond acceptors (Lipinski definition) is 3. The molecule has 5 heteroatoms. The molecule has 1 aliphatic rings. The Kier molecular flexibility index (Phi) is 4.96. The number of methoxy groups -OCH3 is 1. The van der Waals surface area contributed by atoms with E-state index in [4.69, 9.17) is 4.74 Å². The second-order valence-corrected chi connectivity index (χ2v) is 5.35. The zero-order valence-corrected chi connectivity index (χ0v) is 12.5. The molecule has 114 valence electrons. The second-order valence-electron chi connectivity index (χ2n) is 5.35. The number of nitrogens with one attached hydrogen (secondary N) is 2. The van der Waals surface area contributed by atoms with Gasteiger partial charge in [0, 0.05) is 13.2 Å². The van der Waals surface area contributed by atoms with Gasteiger partial charge in [-0.15, -0.1) is 0 Å². The van der Waals surface area contributed by atoms with E-state index in [0.717, 1.165) is 18.4 Å². The quantitative estimate of drug-likeness (QED) is 0.777. The number of ether oxygens (including phenoxy) is 1. The summed E-state index contributed by atoms with van der Waals surface area (Å²) in [6, 6.07) is 9.89. The highest BCUT2D eigenvalue weighted by Gasteiger charge is 2.32. The third kappa shape index (κ3) is 3.82. The number of carbonyl (C=O) groups is 2. The van der Waals surface area contributed by atoms with E-state index < -0.39 is 17.4 Å². The Hall–Kier alpha value is -1.88. The van der Waals surface area contributed by atoms with Gasteiger partial charge >= 0.3 is 11.8 Å². The van der Waals surface area contributed by atoms with Crippen LogP contribution in [0.3, 0.4) is 0 Å². The minimum Gasteiger partial charge on any atom is -0.372 e. The number of amides is 2. The molecule has 0 saturated heterocycles. The molecule has 1 unspecified atom stereocenters. The first-order chi connectivity index (χ1) is 10.1. The van der Waals surface area contributed by atoms with Crippen molar-refractivity contribution in [3.63, 3.8) is 0 Å². The SMILES string of the molecule is CCC(CNC(=O)C(=O)NC1CC1)(OC)c1ccccc1. The Morgan fingerprint density at radius 3 is 2.43 bits per heavy atom. The van der Waals surface area contributed by atoms with E-state index in [2.05, 4.69) is 10.6 Å². The van der Waals surface area contributed by atoms with Gasteiger partial charge in [0.05, 0.1) is 6.54 Å². The van der Waals surface area contributed by atoms with Crippen LogP contribution in [0.5, 0.6) is 0 Å². The fourth-order valence-electron chi connectivity index (χ4n) is 2.29. The fraction of sp³-hybridized carbons (Fsp3) is 0.500. The molecule has 1 aliphatic carbocycles. The molecule has 5 nitrogen and oxygen atoms in total. The summed E-state index contributed by atoms with van der Waals surface area (Å²) >= 11 is 0. The zero-order chi connectivity index (χ0) is 15.3. The fourth-order valence-corrected chi connectivity index (χ4v) is 2.29. The molecule has 1 aromatic rings. The lowest BCUT2D eigenvalue weighted by Crippen LogP contribution is -2.47. The van der Waals surface area contributed by atoms with Crippen LogP contribution in [0, 0.1) is 0 Å². The number of carbonyl (C=O) groups excluding carboxylic acids is 2. The van der Waals surface area contributed by atoms with Crippen molar-refractivity contribution >= 4 is 11.8 Å². The maximum absolute atomic E-state index is 11.8. The molecule has 1 saturated carbocycles. The van der Waals surface area contributed by atoms with Gasteiger partial charge in [-0.1, -0.05) is 37.3 Å². The molecular weight excluding hydrogens is 268 g/mol. The Morgan fingerprint density at radius 2 is 1.90 bits per heavy atom. The van der Waals surface area contributed by atoms with Crippen molar-refractivity contribution in [3.05, 3.63) is 35.9 Å². The third-order valence-corrected chi connectivity index (χ3v) is 3.92. The van der Waals surface area contributed by atoms with Crippen molar-refractivity contribution in [1.29, 1.82) is 0 Å². The van der Waals surface area contributed by atoms with Gasteiger partial charge in [-0.05, 0) is 24.8 Å². The number of hydrogen-bond donors (Lipinski definition) is 2. The summed E-state index contributed by atoms with van der Waals surface area (Å²) in [5.41, 5.74) is 0.370. The van der Waals surface area contributed by atoms with Gasteiger partial charge in [0.1, 0.15) is 5.60 Å². The largest absolute Gasteiger partial charge is 0.372 e. The molecule has 0 aromatic heterocycles. The van der Waals surface area contributed by atoms with E-state index in [1.807, 2.05) is 37.3 Å². The Labute approximate surface area is 125 Å². The molecule has 0 aliphatic heterocycles. The van der Waals surface area contributed by atoms with Gasteiger partial charge in [0.2, 0.25) is 0 Å². The zero-order valence-electron chi connectivity index (χ0n) is 12.5. The van der Waals surface area contributed by atoms with Crippen molar-refractivity contribution in [2.75, 3.05) is 13.7 Å². The Bertz CT molecular complexity index is 494. The first-order valence-electron chi connectivity index (χ1n) is 7.30. The van der Waals surface area contributed by atoms with Gasteiger partial charge in [0.15, 0.2) is 0 Å². The molecule has 1 atom stereocenters. The average molecular weight is 290 g/mol. The summed E-state index contributed by atoms with van der Waals surface area (Å²) in [6.45, 7) is 2.26. The standard InChI is InChI=1S/C16H22N2O3/c1-3-16(21-2,12-7-5-4-6-8-12)11-17-14(19)15(20)18-13-9-10-13/h4-8,13H,3,9-11H2,1-2H3,(H,17,19)(H,18,20). The molecule has 0 spiro atoms. The van der Waals surface area contributed by atoms with E-state index in [1.54, 1.807) is 7.11 Å². The van der Waals surface area contributed by atoms with Gasteiger partial charge in [-0.3, -0.25) is 9.59 Å². The van der Waals surface area contributed by atoms with Gasteiger partial charge < -0.3 is 15.4 Å². The summed E-state index contributed by atoms with van der Waals surface area (Å²) in [5, 5.41) is 5.35. The van der Waals surface area contributed by atoms with Gasteiger partial charge in [0.25, 0.3) is 0 Å². The van der Waals surface area contributed by atoms with Crippen LogP contribution in [0.2, 0.25) is 0 Å². The molecule has 2 amide bonds. The second kappa shape index (κ2) is 6.72. The normalized spacial score (nSPS) is 16.9. The summed E-state index contributed by atoms with van der Waals surface area (Å²) in [7, 11) is 1.62. The highest BCUT2D eigenvalue weighted by molar-refractivity contribution is 6.35. The van der Waals surface area contributed by atoms with Crippen molar-refractivity contribution in [3.8, 4) is 0 Å². The van der Waals surface area contributed by atoms with Gasteiger partial charge in [-0.2, -0.15) is 0 Å². The van der Waals surface area contributed by atoms with E-state index >= 15 is 0 Å². The average Bonchev–Trinajstić information content (AvgIpc) is 3.33. The molecule has 1 aromatic carbocycles. The van der Waals surface area contributed by atoms with Crippen LogP contribution < -0.4 is 10.6 Å². The minimum absolute atomic E-state index is 0.177. The molecule has 2 rings (SSSR count). The van der Waals surface area contributed by atoms with Crippen molar-refractivity contribution < 1.29 is 14.3 Å². The summed E-state index contributed by atoms with van der Waals surface area (Å²) in [4.78, 5) is 23.5. The molecule has 0 radical (unpaired) electrons. The topological polar surface area (TPSA) is 67.4 Å². The van der Waals surface area contributed by atoms with Crippen LogP contribution in [0.15, 0.2) is 30.3 Å². The van der Waals surface area contributed by atoms with E-state index in [1.165, 1.54) is 0 Å². The predicted octanol–water partition coefficient (Wildman–Crippen LogP) is 1.33. The van der Waals surface area contributed by atoms with Crippen LogP contribution in [-0.4, -0.2) is 31.5 Å². The highest BCUT2D eigenvalue weighted by Crippen LogP contribution is 2.28. The predicted molar refractivity (Wildman–Crippen MR) is 79.6 cm³/mol. The van der Waals surface area contributed by atoms with Crippen LogP contribution in [0.25, 0.3) is 0 Å².